The van der Waals surface area contributed by atoms with Crippen molar-refractivity contribution in [2.45, 2.75) is 57.6 Å². The van der Waals surface area contributed by atoms with E-state index in [2.05, 4.69) is 4.72 Å². The highest BCUT2D eigenvalue weighted by Crippen LogP contribution is 2.28. The van der Waals surface area contributed by atoms with Crippen LogP contribution in [0.3, 0.4) is 0 Å². The lowest BCUT2D eigenvalue weighted by Gasteiger charge is -2.11. The highest BCUT2D eigenvalue weighted by atomic mass is 32.2. The predicted octanol–water partition coefficient (Wildman–Crippen LogP) is 2.28. The molecule has 0 bridgehead atoms. The predicted molar refractivity (Wildman–Crippen MR) is 63.3 cm³/mol. The molecule has 0 amide bonds. The van der Waals surface area contributed by atoms with Crippen molar-refractivity contribution in [3.05, 3.63) is 0 Å². The lowest BCUT2D eigenvalue weighted by atomic mass is 10.0. The molecule has 0 aromatic rings. The Kier molecular flexibility index (Phi) is 5.06. The second-order valence-electron chi connectivity index (χ2n) is 4.78. The molecule has 90 valence electrons. The third-order valence-corrected chi connectivity index (χ3v) is 5.04. The van der Waals surface area contributed by atoms with Crippen LogP contribution in [0.25, 0.3) is 0 Å². The first-order valence-corrected chi connectivity index (χ1v) is 7.55. The van der Waals surface area contributed by atoms with Crippen molar-refractivity contribution in [1.82, 2.24) is 4.72 Å². The second kappa shape index (κ2) is 5.85. The van der Waals surface area contributed by atoms with Crippen LogP contribution in [0.5, 0.6) is 0 Å². The van der Waals surface area contributed by atoms with E-state index in [0.717, 1.165) is 12.3 Å². The van der Waals surface area contributed by atoms with Crippen molar-refractivity contribution in [2.24, 2.45) is 5.92 Å². The van der Waals surface area contributed by atoms with Crippen LogP contribution in [0, 0.1) is 5.92 Å². The number of sulfonamides is 1. The van der Waals surface area contributed by atoms with Crippen LogP contribution >= 0.6 is 0 Å². The highest BCUT2D eigenvalue weighted by molar-refractivity contribution is 7.90. The van der Waals surface area contributed by atoms with E-state index in [1.165, 1.54) is 32.1 Å². The fourth-order valence-corrected chi connectivity index (χ4v) is 2.83. The normalized spacial score (nSPS) is 18.9. The van der Waals surface area contributed by atoms with Crippen molar-refractivity contribution in [3.8, 4) is 0 Å². The zero-order chi connectivity index (χ0) is 11.3. The largest absolute Gasteiger partial charge is 0.215 e. The van der Waals surface area contributed by atoms with Crippen LogP contribution in [-0.2, 0) is 10.0 Å². The minimum Gasteiger partial charge on any atom is -0.215 e. The summed E-state index contributed by atoms with van der Waals surface area (Å²) in [5, 5.41) is -0.316. The van der Waals surface area contributed by atoms with Crippen LogP contribution in [0.15, 0.2) is 0 Å². The standard InChI is InChI=1S/C11H23NO2S/c1-10(2)15(13,14)12-9-5-8-11-6-3-4-7-11/h10-12H,3-9H2,1-2H3. The van der Waals surface area contributed by atoms with Gasteiger partial charge in [-0.3, -0.25) is 0 Å². The Morgan fingerprint density at radius 2 is 1.87 bits per heavy atom. The van der Waals surface area contributed by atoms with Gasteiger partial charge in [0.2, 0.25) is 10.0 Å². The summed E-state index contributed by atoms with van der Waals surface area (Å²) in [6.45, 7) is 4.02. The maximum absolute atomic E-state index is 11.4. The lowest BCUT2D eigenvalue weighted by molar-refractivity contribution is 0.480. The molecule has 3 nitrogen and oxygen atoms in total. The van der Waals surface area contributed by atoms with Crippen LogP contribution < -0.4 is 4.72 Å². The molecule has 1 fully saturated rings. The fourth-order valence-electron chi connectivity index (χ4n) is 2.07. The summed E-state index contributed by atoms with van der Waals surface area (Å²) in [5.41, 5.74) is 0. The quantitative estimate of drug-likeness (QED) is 0.715. The van der Waals surface area contributed by atoms with Gasteiger partial charge in [0.15, 0.2) is 0 Å². The fraction of sp³-hybridized carbons (Fsp3) is 1.00. The Balaban J connectivity index is 2.11. The average Bonchev–Trinajstić information content (AvgIpc) is 2.64. The van der Waals surface area contributed by atoms with Gasteiger partial charge in [0, 0.05) is 6.54 Å². The van der Waals surface area contributed by atoms with Gasteiger partial charge < -0.3 is 0 Å². The topological polar surface area (TPSA) is 46.2 Å². The maximum Gasteiger partial charge on any atom is 0.213 e. The molecular formula is C11H23NO2S. The van der Waals surface area contributed by atoms with Gasteiger partial charge in [0.1, 0.15) is 0 Å². The third-order valence-electron chi connectivity index (χ3n) is 3.19. The van der Waals surface area contributed by atoms with Gasteiger partial charge in [-0.15, -0.1) is 0 Å². The Bertz CT molecular complexity index is 266. The Hall–Kier alpha value is -0.0900. The van der Waals surface area contributed by atoms with Crippen molar-refractivity contribution in [2.75, 3.05) is 6.54 Å². The van der Waals surface area contributed by atoms with Gasteiger partial charge in [-0.1, -0.05) is 25.7 Å². The van der Waals surface area contributed by atoms with Crippen LogP contribution in [0.2, 0.25) is 0 Å². The van der Waals surface area contributed by atoms with Crippen molar-refractivity contribution in [3.63, 3.8) is 0 Å². The average molecular weight is 233 g/mol. The summed E-state index contributed by atoms with van der Waals surface area (Å²) in [6.07, 6.45) is 7.58. The first-order valence-electron chi connectivity index (χ1n) is 6.01. The Morgan fingerprint density at radius 3 is 2.40 bits per heavy atom. The molecule has 1 saturated carbocycles. The molecule has 0 atom stereocenters. The van der Waals surface area contributed by atoms with E-state index in [1.54, 1.807) is 13.8 Å². The summed E-state index contributed by atoms with van der Waals surface area (Å²) in [6, 6.07) is 0. The molecule has 0 aromatic carbocycles. The Morgan fingerprint density at radius 1 is 1.27 bits per heavy atom. The van der Waals surface area contributed by atoms with Crippen LogP contribution in [0.1, 0.15) is 52.4 Å². The summed E-state index contributed by atoms with van der Waals surface area (Å²) >= 11 is 0. The van der Waals surface area contributed by atoms with E-state index >= 15 is 0 Å². The van der Waals surface area contributed by atoms with Gasteiger partial charge in [-0.2, -0.15) is 0 Å². The molecule has 0 aromatic heterocycles. The van der Waals surface area contributed by atoms with E-state index in [-0.39, 0.29) is 5.25 Å². The SMILES string of the molecule is CC(C)S(=O)(=O)NCCCC1CCCC1. The van der Waals surface area contributed by atoms with E-state index in [4.69, 9.17) is 0 Å². The summed E-state index contributed by atoms with van der Waals surface area (Å²) in [7, 11) is -3.04. The van der Waals surface area contributed by atoms with Gasteiger partial charge in [0.25, 0.3) is 0 Å². The summed E-state index contributed by atoms with van der Waals surface area (Å²) in [5.74, 6) is 0.855. The van der Waals surface area contributed by atoms with Crippen molar-refractivity contribution < 1.29 is 8.42 Å². The first kappa shape index (κ1) is 13.0. The van der Waals surface area contributed by atoms with Crippen molar-refractivity contribution in [1.29, 1.82) is 0 Å². The molecule has 1 N–H and O–H groups in total. The zero-order valence-electron chi connectivity index (χ0n) is 9.83. The number of hydrogen-bond donors (Lipinski definition) is 1. The molecule has 15 heavy (non-hydrogen) atoms. The zero-order valence-corrected chi connectivity index (χ0v) is 10.6. The number of hydrogen-bond acceptors (Lipinski definition) is 2. The molecule has 0 unspecified atom stereocenters. The summed E-state index contributed by atoms with van der Waals surface area (Å²) in [4.78, 5) is 0. The maximum atomic E-state index is 11.4. The molecule has 0 heterocycles. The smallest absolute Gasteiger partial charge is 0.213 e. The first-order chi connectivity index (χ1) is 7.02. The molecule has 0 aliphatic heterocycles. The lowest BCUT2D eigenvalue weighted by Crippen LogP contribution is -2.31. The molecular weight excluding hydrogens is 210 g/mol. The van der Waals surface area contributed by atoms with Crippen LogP contribution in [-0.4, -0.2) is 20.2 Å². The van der Waals surface area contributed by atoms with E-state index < -0.39 is 10.0 Å². The molecule has 0 saturated heterocycles. The molecule has 1 aliphatic rings. The third kappa shape index (κ3) is 4.51. The van der Waals surface area contributed by atoms with Gasteiger partial charge >= 0.3 is 0 Å². The van der Waals surface area contributed by atoms with Gasteiger partial charge in [-0.25, -0.2) is 13.1 Å². The molecule has 0 radical (unpaired) electrons. The van der Waals surface area contributed by atoms with E-state index in [1.807, 2.05) is 0 Å². The van der Waals surface area contributed by atoms with Crippen LogP contribution in [0.4, 0.5) is 0 Å². The summed E-state index contributed by atoms with van der Waals surface area (Å²) < 4.78 is 25.5. The van der Waals surface area contributed by atoms with Gasteiger partial charge in [0.05, 0.1) is 5.25 Å². The second-order valence-corrected chi connectivity index (χ2v) is 7.10. The number of nitrogens with one attached hydrogen (secondary N) is 1. The molecule has 0 spiro atoms. The molecule has 1 aliphatic carbocycles. The molecule has 1 rings (SSSR count). The highest BCUT2D eigenvalue weighted by Gasteiger charge is 2.16. The van der Waals surface area contributed by atoms with Gasteiger partial charge in [-0.05, 0) is 32.6 Å². The minimum absolute atomic E-state index is 0.316. The Labute approximate surface area is 93.7 Å². The van der Waals surface area contributed by atoms with E-state index in [0.29, 0.717) is 6.54 Å². The number of rotatable bonds is 6. The van der Waals surface area contributed by atoms with E-state index in [9.17, 15) is 8.42 Å². The molecule has 4 heteroatoms. The van der Waals surface area contributed by atoms with Crippen molar-refractivity contribution >= 4 is 10.0 Å². The monoisotopic (exact) mass is 233 g/mol. The minimum atomic E-state index is -3.04.